The number of thiophene rings is 1. The standard InChI is InChI=1S/C10H12S/c1-7-4-3-5-9-6-8(2)11-10(7)9/h6H,1,3-5H2,2H3. The third-order valence-electron chi connectivity index (χ3n) is 2.18. The van der Waals surface area contributed by atoms with E-state index in [-0.39, 0.29) is 0 Å². The van der Waals surface area contributed by atoms with Gasteiger partial charge in [0.05, 0.1) is 0 Å². The maximum Gasteiger partial charge on any atom is 0.0331 e. The molecule has 0 radical (unpaired) electrons. The average molecular weight is 164 g/mol. The van der Waals surface area contributed by atoms with Crippen LogP contribution >= 0.6 is 11.3 Å². The van der Waals surface area contributed by atoms with Crippen LogP contribution in [0.1, 0.15) is 28.2 Å². The van der Waals surface area contributed by atoms with Crippen molar-refractivity contribution in [1.29, 1.82) is 0 Å². The van der Waals surface area contributed by atoms with Crippen LogP contribution in [0.4, 0.5) is 0 Å². The molecule has 1 aromatic rings. The lowest BCUT2D eigenvalue weighted by Crippen LogP contribution is -1.95. The van der Waals surface area contributed by atoms with Gasteiger partial charge in [-0.25, -0.2) is 0 Å². The lowest BCUT2D eigenvalue weighted by atomic mass is 9.96. The van der Waals surface area contributed by atoms with E-state index in [0.717, 1.165) is 0 Å². The second-order valence-corrected chi connectivity index (χ2v) is 4.42. The van der Waals surface area contributed by atoms with Gasteiger partial charge in [0.15, 0.2) is 0 Å². The van der Waals surface area contributed by atoms with E-state index in [1.165, 1.54) is 40.2 Å². The van der Waals surface area contributed by atoms with Gasteiger partial charge in [0, 0.05) is 9.75 Å². The summed E-state index contributed by atoms with van der Waals surface area (Å²) in [5.74, 6) is 0. The number of fused-ring (bicyclic) bond motifs is 1. The minimum atomic E-state index is 1.20. The second kappa shape index (κ2) is 2.49. The van der Waals surface area contributed by atoms with Gasteiger partial charge in [-0.1, -0.05) is 6.58 Å². The Morgan fingerprint density at radius 1 is 1.45 bits per heavy atom. The molecule has 0 nitrogen and oxygen atoms in total. The van der Waals surface area contributed by atoms with Crippen molar-refractivity contribution in [3.05, 3.63) is 28.0 Å². The molecule has 0 saturated heterocycles. The van der Waals surface area contributed by atoms with E-state index in [9.17, 15) is 0 Å². The predicted octanol–water partition coefficient (Wildman–Crippen LogP) is 3.41. The van der Waals surface area contributed by atoms with Crippen molar-refractivity contribution in [3.63, 3.8) is 0 Å². The molecule has 0 unspecified atom stereocenters. The van der Waals surface area contributed by atoms with Gasteiger partial charge in [-0.2, -0.15) is 0 Å². The van der Waals surface area contributed by atoms with Crippen molar-refractivity contribution in [3.8, 4) is 0 Å². The van der Waals surface area contributed by atoms with Gasteiger partial charge >= 0.3 is 0 Å². The molecule has 1 aromatic heterocycles. The zero-order valence-electron chi connectivity index (χ0n) is 6.81. The molecule has 1 heterocycles. The molecule has 58 valence electrons. The van der Waals surface area contributed by atoms with Crippen molar-refractivity contribution < 1.29 is 0 Å². The summed E-state index contributed by atoms with van der Waals surface area (Å²) in [4.78, 5) is 2.90. The minimum absolute atomic E-state index is 1.20. The maximum absolute atomic E-state index is 4.08. The largest absolute Gasteiger partial charge is 0.141 e. The topological polar surface area (TPSA) is 0 Å². The number of hydrogen-bond acceptors (Lipinski definition) is 1. The first-order chi connectivity index (χ1) is 5.27. The van der Waals surface area contributed by atoms with E-state index >= 15 is 0 Å². The van der Waals surface area contributed by atoms with Gasteiger partial charge in [-0.05, 0) is 43.4 Å². The Morgan fingerprint density at radius 2 is 2.27 bits per heavy atom. The first-order valence-corrected chi connectivity index (χ1v) is 4.86. The summed E-state index contributed by atoms with van der Waals surface area (Å²) in [7, 11) is 0. The first-order valence-electron chi connectivity index (χ1n) is 4.05. The van der Waals surface area contributed by atoms with Crippen molar-refractivity contribution in [2.75, 3.05) is 0 Å². The van der Waals surface area contributed by atoms with Gasteiger partial charge < -0.3 is 0 Å². The van der Waals surface area contributed by atoms with Gasteiger partial charge in [-0.3, -0.25) is 0 Å². The molecule has 0 saturated carbocycles. The van der Waals surface area contributed by atoms with Gasteiger partial charge in [0.25, 0.3) is 0 Å². The highest BCUT2D eigenvalue weighted by molar-refractivity contribution is 7.13. The molecule has 0 bridgehead atoms. The summed E-state index contributed by atoms with van der Waals surface area (Å²) in [5.41, 5.74) is 2.88. The molecule has 0 spiro atoms. The van der Waals surface area contributed by atoms with Crippen LogP contribution in [0.15, 0.2) is 12.6 Å². The average Bonchev–Trinajstić information content (AvgIpc) is 2.31. The third kappa shape index (κ3) is 1.14. The number of hydrogen-bond donors (Lipinski definition) is 0. The minimum Gasteiger partial charge on any atom is -0.141 e. The SMILES string of the molecule is C=C1CCCc2cc(C)sc21. The van der Waals surface area contributed by atoms with Crippen LogP contribution in [-0.2, 0) is 6.42 Å². The summed E-state index contributed by atoms with van der Waals surface area (Å²) < 4.78 is 0. The summed E-state index contributed by atoms with van der Waals surface area (Å²) >= 11 is 1.90. The van der Waals surface area contributed by atoms with Gasteiger partial charge in [-0.15, -0.1) is 11.3 Å². The molecule has 0 aromatic carbocycles. The highest BCUT2D eigenvalue weighted by atomic mass is 32.1. The Hall–Kier alpha value is -0.560. The van der Waals surface area contributed by atoms with Crippen LogP contribution < -0.4 is 0 Å². The Balaban J connectivity index is 2.52. The van der Waals surface area contributed by atoms with Crippen LogP contribution in [0.25, 0.3) is 5.57 Å². The van der Waals surface area contributed by atoms with Gasteiger partial charge in [0.1, 0.15) is 0 Å². The molecule has 2 rings (SSSR count). The Bertz CT molecular complexity index is 294. The van der Waals surface area contributed by atoms with E-state index in [0.29, 0.717) is 0 Å². The van der Waals surface area contributed by atoms with Crippen molar-refractivity contribution in [2.24, 2.45) is 0 Å². The second-order valence-electron chi connectivity index (χ2n) is 3.17. The van der Waals surface area contributed by atoms with Crippen LogP contribution in [0.5, 0.6) is 0 Å². The van der Waals surface area contributed by atoms with Crippen molar-refractivity contribution in [1.82, 2.24) is 0 Å². The Labute approximate surface area is 71.6 Å². The van der Waals surface area contributed by atoms with Crippen LogP contribution in [0.2, 0.25) is 0 Å². The molecule has 0 fully saturated rings. The molecule has 11 heavy (non-hydrogen) atoms. The Morgan fingerprint density at radius 3 is 3.00 bits per heavy atom. The number of aryl methyl sites for hydroxylation is 2. The fourth-order valence-corrected chi connectivity index (χ4v) is 2.72. The highest BCUT2D eigenvalue weighted by Crippen LogP contribution is 2.35. The van der Waals surface area contributed by atoms with Crippen molar-refractivity contribution in [2.45, 2.75) is 26.2 Å². The third-order valence-corrected chi connectivity index (χ3v) is 3.37. The van der Waals surface area contributed by atoms with Crippen LogP contribution in [0, 0.1) is 6.92 Å². The molecular weight excluding hydrogens is 152 g/mol. The normalized spacial score (nSPS) is 16.6. The van der Waals surface area contributed by atoms with E-state index in [2.05, 4.69) is 19.6 Å². The highest BCUT2D eigenvalue weighted by Gasteiger charge is 2.14. The monoisotopic (exact) mass is 164 g/mol. The molecule has 0 amide bonds. The molecular formula is C10H12S. The molecule has 0 N–H and O–H groups in total. The number of rotatable bonds is 0. The predicted molar refractivity (Wildman–Crippen MR) is 51.0 cm³/mol. The Kier molecular flexibility index (Phi) is 1.61. The van der Waals surface area contributed by atoms with Gasteiger partial charge in [0.2, 0.25) is 0 Å². The van der Waals surface area contributed by atoms with E-state index < -0.39 is 0 Å². The summed E-state index contributed by atoms with van der Waals surface area (Å²) in [6.45, 7) is 6.26. The fourth-order valence-electron chi connectivity index (χ4n) is 1.66. The van der Waals surface area contributed by atoms with Crippen LogP contribution in [0.3, 0.4) is 0 Å². The van der Waals surface area contributed by atoms with E-state index in [4.69, 9.17) is 0 Å². The zero-order valence-corrected chi connectivity index (χ0v) is 7.63. The number of allylic oxidation sites excluding steroid dienone is 1. The molecule has 0 aliphatic heterocycles. The molecule has 0 atom stereocenters. The fraction of sp³-hybridized carbons (Fsp3) is 0.400. The van der Waals surface area contributed by atoms with E-state index in [1.807, 2.05) is 11.3 Å². The van der Waals surface area contributed by atoms with Crippen LogP contribution in [-0.4, -0.2) is 0 Å². The molecule has 1 aliphatic carbocycles. The lowest BCUT2D eigenvalue weighted by molar-refractivity contribution is 0.831. The quantitative estimate of drug-likeness (QED) is 0.551. The smallest absolute Gasteiger partial charge is 0.0331 e. The summed E-state index contributed by atoms with van der Waals surface area (Å²) in [6, 6.07) is 2.31. The summed E-state index contributed by atoms with van der Waals surface area (Å²) in [5, 5.41) is 0. The summed E-state index contributed by atoms with van der Waals surface area (Å²) in [6.07, 6.45) is 3.76. The first kappa shape index (κ1) is 7.11. The maximum atomic E-state index is 4.08. The molecule has 1 heteroatoms. The van der Waals surface area contributed by atoms with E-state index in [1.54, 1.807) is 0 Å². The zero-order chi connectivity index (χ0) is 7.84. The molecule has 1 aliphatic rings. The van der Waals surface area contributed by atoms with Crippen molar-refractivity contribution >= 4 is 16.9 Å². The lowest BCUT2D eigenvalue weighted by Gasteiger charge is -2.12.